The summed E-state index contributed by atoms with van der Waals surface area (Å²) in [7, 11) is -2.58. The van der Waals surface area contributed by atoms with Gasteiger partial charge in [-0.1, -0.05) is 0 Å². The average molecular weight is 217 g/mol. The first-order chi connectivity index (χ1) is 6.32. The maximum Gasteiger partial charge on any atom is 0.305 e. The summed E-state index contributed by atoms with van der Waals surface area (Å²) in [5.74, 6) is -0.910. The number of benzene rings is 1. The zero-order chi connectivity index (χ0) is 10.9. The minimum atomic E-state index is -2.58. The van der Waals surface area contributed by atoms with Crippen LogP contribution >= 0.6 is 7.14 Å². The predicted octanol–water partition coefficient (Wildman–Crippen LogP) is 1.98. The van der Waals surface area contributed by atoms with Crippen LogP contribution in [0.5, 0.6) is 0 Å². The van der Waals surface area contributed by atoms with Gasteiger partial charge in [-0.05, 0) is 25.5 Å². The molecule has 76 valence electrons. The van der Waals surface area contributed by atoms with Crippen LogP contribution < -0.4 is 5.30 Å². The Kier molecular flexibility index (Phi) is 2.71. The fourth-order valence-electron chi connectivity index (χ4n) is 0.976. The van der Waals surface area contributed by atoms with E-state index in [1.54, 1.807) is 0 Å². The number of hydrogen-bond acceptors (Lipinski definition) is 3. The van der Waals surface area contributed by atoms with Crippen molar-refractivity contribution in [2.24, 2.45) is 0 Å². The van der Waals surface area contributed by atoms with Crippen molar-refractivity contribution in [3.8, 4) is 0 Å². The average Bonchev–Trinajstić information content (AvgIpc) is 2.02. The second-order valence-corrected chi connectivity index (χ2v) is 6.46. The van der Waals surface area contributed by atoms with Crippen LogP contribution in [-0.2, 0) is 4.57 Å². The Hall–Kier alpha value is -1.22. The van der Waals surface area contributed by atoms with Crippen LogP contribution in [0.25, 0.3) is 0 Å². The second kappa shape index (κ2) is 3.50. The molecule has 0 atom stereocenters. The van der Waals surface area contributed by atoms with Crippen molar-refractivity contribution >= 4 is 18.1 Å². The third-order valence-electron chi connectivity index (χ3n) is 1.75. The molecule has 0 unspecified atom stereocenters. The van der Waals surface area contributed by atoms with E-state index in [1.807, 2.05) is 0 Å². The van der Waals surface area contributed by atoms with Crippen LogP contribution in [0.3, 0.4) is 0 Å². The van der Waals surface area contributed by atoms with E-state index in [-0.39, 0.29) is 0 Å². The number of nitro groups is 1. The van der Waals surface area contributed by atoms with E-state index in [9.17, 15) is 19.1 Å². The van der Waals surface area contributed by atoms with Crippen molar-refractivity contribution in [2.45, 2.75) is 0 Å². The smallest absolute Gasteiger partial charge is 0.305 e. The topological polar surface area (TPSA) is 60.2 Å². The largest absolute Gasteiger partial charge is 0.319 e. The Bertz CT molecular complexity index is 427. The number of halogens is 1. The lowest BCUT2D eigenvalue weighted by molar-refractivity contribution is -0.387. The van der Waals surface area contributed by atoms with Crippen LogP contribution in [-0.4, -0.2) is 18.3 Å². The highest BCUT2D eigenvalue weighted by molar-refractivity contribution is 7.70. The molecule has 1 rings (SSSR count). The number of rotatable bonds is 2. The standard InChI is InChI=1S/C8H9FNO3P/c1-14(2,13)6-3-4-7(9)8(5-6)10(11)12/h3-5H,1-2H3. The van der Waals surface area contributed by atoms with Gasteiger partial charge >= 0.3 is 5.69 Å². The molecule has 0 bridgehead atoms. The van der Waals surface area contributed by atoms with Crippen molar-refractivity contribution in [3.05, 3.63) is 34.1 Å². The monoisotopic (exact) mass is 217 g/mol. The molecule has 0 aliphatic rings. The predicted molar refractivity (Wildman–Crippen MR) is 52.1 cm³/mol. The molecule has 0 aliphatic heterocycles. The molecule has 1 aromatic carbocycles. The van der Waals surface area contributed by atoms with Crippen molar-refractivity contribution in [1.82, 2.24) is 0 Å². The van der Waals surface area contributed by atoms with E-state index in [1.165, 1.54) is 19.4 Å². The number of nitrogens with zero attached hydrogens (tertiary/aromatic N) is 1. The molecule has 0 aliphatic carbocycles. The summed E-state index contributed by atoms with van der Waals surface area (Å²) >= 11 is 0. The van der Waals surface area contributed by atoms with E-state index in [0.717, 1.165) is 12.1 Å². The summed E-state index contributed by atoms with van der Waals surface area (Å²) in [6.45, 7) is 2.95. The van der Waals surface area contributed by atoms with Crippen LogP contribution in [0, 0.1) is 15.9 Å². The van der Waals surface area contributed by atoms with Gasteiger partial charge < -0.3 is 4.57 Å². The number of hydrogen-bond donors (Lipinski definition) is 0. The zero-order valence-corrected chi connectivity index (χ0v) is 8.62. The summed E-state index contributed by atoms with van der Waals surface area (Å²) in [5, 5.41) is 10.7. The van der Waals surface area contributed by atoms with Crippen molar-refractivity contribution in [2.75, 3.05) is 13.3 Å². The van der Waals surface area contributed by atoms with Crippen molar-refractivity contribution < 1.29 is 13.9 Å². The third kappa shape index (κ3) is 2.17. The lowest BCUT2D eigenvalue weighted by atomic mass is 10.3. The minimum Gasteiger partial charge on any atom is -0.319 e. The van der Waals surface area contributed by atoms with Crippen molar-refractivity contribution in [1.29, 1.82) is 0 Å². The quantitative estimate of drug-likeness (QED) is 0.432. The van der Waals surface area contributed by atoms with Gasteiger partial charge in [-0.3, -0.25) is 10.1 Å². The molecular formula is C8H9FNO3P. The maximum atomic E-state index is 12.9. The molecule has 0 spiro atoms. The van der Waals surface area contributed by atoms with Crippen LogP contribution in [0.15, 0.2) is 18.2 Å². The van der Waals surface area contributed by atoms with Crippen LogP contribution in [0.4, 0.5) is 10.1 Å². The lowest BCUT2D eigenvalue weighted by Crippen LogP contribution is -2.05. The first-order valence-electron chi connectivity index (χ1n) is 3.82. The first-order valence-corrected chi connectivity index (χ1v) is 6.42. The molecule has 6 heteroatoms. The van der Waals surface area contributed by atoms with Gasteiger partial charge in [-0.25, -0.2) is 0 Å². The molecule has 0 fully saturated rings. The van der Waals surface area contributed by atoms with Gasteiger partial charge in [0.15, 0.2) is 0 Å². The van der Waals surface area contributed by atoms with E-state index in [2.05, 4.69) is 0 Å². The lowest BCUT2D eigenvalue weighted by Gasteiger charge is -2.05. The molecule has 4 nitrogen and oxygen atoms in total. The molecule has 1 aromatic rings. The summed E-state index contributed by atoms with van der Waals surface area (Å²) in [6.07, 6.45) is 0. The Morgan fingerprint density at radius 2 is 2.00 bits per heavy atom. The normalized spacial score (nSPS) is 11.4. The fourth-order valence-corrected chi connectivity index (χ4v) is 1.84. The molecule has 0 aromatic heterocycles. The Morgan fingerprint density at radius 3 is 2.43 bits per heavy atom. The molecule has 0 saturated carbocycles. The van der Waals surface area contributed by atoms with Gasteiger partial charge in [0.25, 0.3) is 0 Å². The van der Waals surface area contributed by atoms with E-state index >= 15 is 0 Å². The van der Waals surface area contributed by atoms with E-state index in [4.69, 9.17) is 0 Å². The van der Waals surface area contributed by atoms with Gasteiger partial charge in [-0.15, -0.1) is 0 Å². The molecule has 0 N–H and O–H groups in total. The van der Waals surface area contributed by atoms with Crippen molar-refractivity contribution in [3.63, 3.8) is 0 Å². The van der Waals surface area contributed by atoms with E-state index in [0.29, 0.717) is 5.30 Å². The molecule has 14 heavy (non-hydrogen) atoms. The highest BCUT2D eigenvalue weighted by atomic mass is 31.2. The van der Waals surface area contributed by atoms with Gasteiger partial charge in [0.1, 0.15) is 7.14 Å². The minimum absolute atomic E-state index is 0.311. The Balaban J connectivity index is 3.34. The van der Waals surface area contributed by atoms with Gasteiger partial charge in [0.2, 0.25) is 5.82 Å². The third-order valence-corrected chi connectivity index (χ3v) is 3.27. The van der Waals surface area contributed by atoms with E-state index < -0.39 is 23.6 Å². The number of nitro benzene ring substituents is 1. The van der Waals surface area contributed by atoms with Gasteiger partial charge in [0, 0.05) is 11.4 Å². The zero-order valence-electron chi connectivity index (χ0n) is 7.73. The van der Waals surface area contributed by atoms with Gasteiger partial charge in [0.05, 0.1) is 4.92 Å². The summed E-state index contributed by atoms with van der Waals surface area (Å²) < 4.78 is 24.4. The highest BCUT2D eigenvalue weighted by Crippen LogP contribution is 2.35. The fraction of sp³-hybridized carbons (Fsp3) is 0.250. The molecule has 0 heterocycles. The summed E-state index contributed by atoms with van der Waals surface area (Å²) in [5.41, 5.74) is -0.633. The second-order valence-electron chi connectivity index (χ2n) is 3.24. The highest BCUT2D eigenvalue weighted by Gasteiger charge is 2.19. The Morgan fingerprint density at radius 1 is 1.43 bits per heavy atom. The van der Waals surface area contributed by atoms with Crippen LogP contribution in [0.1, 0.15) is 0 Å². The maximum absolute atomic E-state index is 12.9. The first kappa shape index (κ1) is 10.9. The molecule has 0 amide bonds. The SMILES string of the molecule is CP(C)(=O)c1ccc(F)c([N+](=O)[O-])c1. The summed E-state index contributed by atoms with van der Waals surface area (Å²) in [6, 6.07) is 3.30. The van der Waals surface area contributed by atoms with Gasteiger partial charge in [-0.2, -0.15) is 4.39 Å². The Labute approximate surface area is 80.3 Å². The molecular weight excluding hydrogens is 208 g/mol. The summed E-state index contributed by atoms with van der Waals surface area (Å²) in [4.78, 5) is 9.55. The van der Waals surface area contributed by atoms with Crippen LogP contribution in [0.2, 0.25) is 0 Å². The molecule has 0 radical (unpaired) electrons. The molecule has 0 saturated heterocycles.